The Labute approximate surface area is 221 Å². The molecule has 0 spiro atoms. The van der Waals surface area contributed by atoms with Crippen molar-refractivity contribution in [3.63, 3.8) is 0 Å². The number of anilines is 2. The van der Waals surface area contributed by atoms with E-state index in [9.17, 15) is 13.5 Å². The summed E-state index contributed by atoms with van der Waals surface area (Å²) in [6.45, 7) is 5.62. The highest BCUT2D eigenvalue weighted by Crippen LogP contribution is 2.66. The van der Waals surface area contributed by atoms with Gasteiger partial charge >= 0.3 is 0 Å². The number of aromatic nitrogens is 2. The normalized spacial score (nSPS) is 31.1. The number of hydrogen-bond donors (Lipinski definition) is 3. The molecule has 9 heteroatoms. The number of benzene rings is 1. The highest BCUT2D eigenvalue weighted by Gasteiger charge is 2.64. The monoisotopic (exact) mass is 529 g/mol. The number of para-hydroxylation sites is 1. The van der Waals surface area contributed by atoms with Gasteiger partial charge in [0.15, 0.2) is 0 Å². The van der Waals surface area contributed by atoms with Crippen LogP contribution in [-0.4, -0.2) is 62.5 Å². The molecule has 3 aliphatic rings. The van der Waals surface area contributed by atoms with Gasteiger partial charge in [-0.2, -0.15) is 4.98 Å². The Morgan fingerprint density at radius 1 is 1.03 bits per heavy atom. The molecule has 0 saturated heterocycles. The third kappa shape index (κ3) is 5.06. The molecule has 3 saturated carbocycles. The molecule has 3 N–H and O–H groups in total. The third-order valence-electron chi connectivity index (χ3n) is 9.95. The van der Waals surface area contributed by atoms with E-state index in [1.165, 1.54) is 0 Å². The average molecular weight is 530 g/mol. The number of hydrogen-bond acceptors (Lipinski definition) is 7. The fourth-order valence-corrected chi connectivity index (χ4v) is 9.35. The summed E-state index contributed by atoms with van der Waals surface area (Å²) in [4.78, 5) is 11.5. The third-order valence-corrected chi connectivity index (χ3v) is 11.5. The zero-order valence-corrected chi connectivity index (χ0v) is 23.5. The van der Waals surface area contributed by atoms with Crippen LogP contribution in [0.3, 0.4) is 0 Å². The number of rotatable bonds is 9. The van der Waals surface area contributed by atoms with Crippen molar-refractivity contribution in [3.8, 4) is 0 Å². The minimum Gasteiger partial charge on any atom is -0.392 e. The number of aliphatic hydroxyl groups excluding tert-OH is 1. The molecule has 3 fully saturated rings. The SMILES string of the molecule is CN(C)c1nc(NCC2CCC(CNS(=O)(=O)C[C@]34CC[C@H](CC3O)C4(C)C)CC2)nc2ccccc12. The second-order valence-corrected chi connectivity index (χ2v) is 14.3. The molecule has 0 aliphatic heterocycles. The second-order valence-electron chi connectivity index (χ2n) is 12.5. The summed E-state index contributed by atoms with van der Waals surface area (Å²) in [7, 11) is 0.546. The van der Waals surface area contributed by atoms with E-state index in [4.69, 9.17) is 9.97 Å². The molecule has 0 radical (unpaired) electrons. The van der Waals surface area contributed by atoms with Crippen LogP contribution >= 0.6 is 0 Å². The molecule has 0 amide bonds. The topological polar surface area (TPSA) is 107 Å². The maximum absolute atomic E-state index is 13.1. The highest BCUT2D eigenvalue weighted by atomic mass is 32.2. The van der Waals surface area contributed by atoms with Crippen LogP contribution in [0.25, 0.3) is 10.9 Å². The first-order chi connectivity index (χ1) is 17.5. The van der Waals surface area contributed by atoms with E-state index in [0.29, 0.717) is 30.2 Å². The lowest BCUT2D eigenvalue weighted by Crippen LogP contribution is -2.47. The van der Waals surface area contributed by atoms with Crippen molar-refractivity contribution in [1.29, 1.82) is 0 Å². The second kappa shape index (κ2) is 9.97. The number of nitrogens with one attached hydrogen (secondary N) is 2. The molecule has 5 rings (SSSR count). The van der Waals surface area contributed by atoms with Gasteiger partial charge in [0, 0.05) is 38.0 Å². The Balaban J connectivity index is 1.11. The molecule has 1 heterocycles. The summed E-state index contributed by atoms with van der Waals surface area (Å²) >= 11 is 0. The van der Waals surface area contributed by atoms with Gasteiger partial charge in [0.2, 0.25) is 16.0 Å². The van der Waals surface area contributed by atoms with E-state index in [0.717, 1.165) is 68.2 Å². The fraction of sp³-hybridized carbons (Fsp3) is 0.714. The van der Waals surface area contributed by atoms with Gasteiger partial charge < -0.3 is 15.3 Å². The van der Waals surface area contributed by atoms with E-state index in [2.05, 4.69) is 23.9 Å². The summed E-state index contributed by atoms with van der Waals surface area (Å²) in [6, 6.07) is 8.06. The average Bonchev–Trinajstić information content (AvgIpc) is 3.20. The standard InChI is InChI=1S/C28H43N5O3S/c1-27(2)21-13-14-28(27,24(34)15-21)18-37(35,36)30-17-20-11-9-19(10-12-20)16-29-26-31-23-8-6-5-7-22(23)25(32-26)33(3)4/h5-8,19-21,24,30,34H,9-18H2,1-4H3,(H,29,31,32)/t19?,20?,21-,24?,28-/m1/s1. The zero-order valence-electron chi connectivity index (χ0n) is 22.7. The molecule has 37 heavy (non-hydrogen) atoms. The molecular weight excluding hydrogens is 486 g/mol. The summed E-state index contributed by atoms with van der Waals surface area (Å²) in [5.41, 5.74) is 0.291. The Morgan fingerprint density at radius 3 is 2.32 bits per heavy atom. The predicted molar refractivity (Wildman–Crippen MR) is 149 cm³/mol. The summed E-state index contributed by atoms with van der Waals surface area (Å²) in [6.07, 6.45) is 6.20. The first-order valence-electron chi connectivity index (χ1n) is 13.8. The highest BCUT2D eigenvalue weighted by molar-refractivity contribution is 7.89. The first kappa shape index (κ1) is 26.6. The Hall–Kier alpha value is -1.97. The quantitative estimate of drug-likeness (QED) is 0.450. The molecule has 1 aromatic carbocycles. The van der Waals surface area contributed by atoms with Crippen LogP contribution in [0.1, 0.15) is 58.8 Å². The Kier molecular flexibility index (Phi) is 7.17. The van der Waals surface area contributed by atoms with Gasteiger partial charge in [-0.15, -0.1) is 0 Å². The summed E-state index contributed by atoms with van der Waals surface area (Å²) in [5.74, 6) is 2.92. The number of fused-ring (bicyclic) bond motifs is 3. The molecule has 1 aromatic heterocycles. The molecule has 8 nitrogen and oxygen atoms in total. The fourth-order valence-electron chi connectivity index (χ4n) is 7.37. The van der Waals surface area contributed by atoms with Crippen LogP contribution in [0.4, 0.5) is 11.8 Å². The number of aliphatic hydroxyl groups is 1. The van der Waals surface area contributed by atoms with Crippen LogP contribution in [-0.2, 0) is 10.0 Å². The van der Waals surface area contributed by atoms with E-state index in [1.807, 2.05) is 43.3 Å². The van der Waals surface area contributed by atoms with Crippen molar-refractivity contribution in [2.75, 3.05) is 43.2 Å². The molecule has 2 aromatic rings. The molecule has 3 aliphatic carbocycles. The summed E-state index contributed by atoms with van der Waals surface area (Å²) < 4.78 is 29.1. The van der Waals surface area contributed by atoms with Gasteiger partial charge in [-0.05, 0) is 80.2 Å². The zero-order chi connectivity index (χ0) is 26.4. The van der Waals surface area contributed by atoms with E-state index in [-0.39, 0.29) is 11.2 Å². The molecule has 204 valence electrons. The van der Waals surface area contributed by atoms with Gasteiger partial charge in [0.05, 0.1) is 17.4 Å². The largest absolute Gasteiger partial charge is 0.392 e. The van der Waals surface area contributed by atoms with Gasteiger partial charge in [-0.1, -0.05) is 26.0 Å². The van der Waals surface area contributed by atoms with Crippen molar-refractivity contribution in [1.82, 2.24) is 14.7 Å². The van der Waals surface area contributed by atoms with Crippen LogP contribution in [0.2, 0.25) is 0 Å². The molecule has 1 unspecified atom stereocenters. The van der Waals surface area contributed by atoms with Crippen molar-refractivity contribution < 1.29 is 13.5 Å². The van der Waals surface area contributed by atoms with Crippen molar-refractivity contribution >= 4 is 32.7 Å². The van der Waals surface area contributed by atoms with E-state index in [1.54, 1.807) is 0 Å². The summed E-state index contributed by atoms with van der Waals surface area (Å²) in [5, 5.41) is 15.2. The van der Waals surface area contributed by atoms with Crippen molar-refractivity contribution in [2.24, 2.45) is 28.6 Å². The van der Waals surface area contributed by atoms with Gasteiger partial charge in [-0.25, -0.2) is 18.1 Å². The number of sulfonamides is 1. The van der Waals surface area contributed by atoms with Crippen LogP contribution in [0.5, 0.6) is 0 Å². The lowest BCUT2D eigenvalue weighted by Gasteiger charge is -2.40. The van der Waals surface area contributed by atoms with Crippen LogP contribution in [0.15, 0.2) is 24.3 Å². The molecule has 3 atom stereocenters. The Morgan fingerprint density at radius 2 is 1.70 bits per heavy atom. The van der Waals surface area contributed by atoms with E-state index >= 15 is 0 Å². The van der Waals surface area contributed by atoms with Crippen molar-refractivity contribution in [2.45, 2.75) is 64.9 Å². The van der Waals surface area contributed by atoms with Gasteiger partial charge in [-0.3, -0.25) is 0 Å². The van der Waals surface area contributed by atoms with E-state index < -0.39 is 21.5 Å². The number of nitrogens with zero attached hydrogens (tertiary/aromatic N) is 3. The minimum absolute atomic E-state index is 0.0463. The molecule has 2 bridgehead atoms. The predicted octanol–water partition coefficient (Wildman–Crippen LogP) is 4.02. The lowest BCUT2D eigenvalue weighted by atomic mass is 9.70. The van der Waals surface area contributed by atoms with Crippen LogP contribution < -0.4 is 14.9 Å². The first-order valence-corrected chi connectivity index (χ1v) is 15.5. The Bertz CT molecular complexity index is 1230. The van der Waals surface area contributed by atoms with Gasteiger partial charge in [0.1, 0.15) is 5.82 Å². The maximum atomic E-state index is 13.1. The van der Waals surface area contributed by atoms with Crippen LogP contribution in [0, 0.1) is 28.6 Å². The van der Waals surface area contributed by atoms with Gasteiger partial charge in [0.25, 0.3) is 0 Å². The minimum atomic E-state index is -3.44. The maximum Gasteiger partial charge on any atom is 0.225 e. The smallest absolute Gasteiger partial charge is 0.225 e. The molecular formula is C28H43N5O3S. The lowest BCUT2D eigenvalue weighted by molar-refractivity contribution is 0.0151. The van der Waals surface area contributed by atoms with Crippen molar-refractivity contribution in [3.05, 3.63) is 24.3 Å².